The van der Waals surface area contributed by atoms with E-state index in [4.69, 9.17) is 9.72 Å². The van der Waals surface area contributed by atoms with Crippen LogP contribution in [0.15, 0.2) is 69.7 Å². The minimum absolute atomic E-state index is 0.0348. The van der Waals surface area contributed by atoms with Gasteiger partial charge >= 0.3 is 5.97 Å². The van der Waals surface area contributed by atoms with Crippen molar-refractivity contribution >= 4 is 70.7 Å². The predicted molar refractivity (Wildman–Crippen MR) is 154 cm³/mol. The van der Waals surface area contributed by atoms with Gasteiger partial charge in [-0.15, -0.1) is 22.7 Å². The van der Waals surface area contributed by atoms with Crippen LogP contribution in [0.2, 0.25) is 0 Å². The highest BCUT2D eigenvalue weighted by atomic mass is 32.2. The fraction of sp³-hybridized carbons (Fsp3) is 0.185. The SMILES string of the molecule is CCOC(=O)C(N=Nc1ccc(-c2nc3ccc(-c4nc5ccc(C)cc5s4)cc3s2)cc1S(=O)(=O)O)C(C)=O. The minimum atomic E-state index is -4.74. The monoisotopic (exact) mass is 594 g/mol. The number of esters is 1. The molecule has 0 amide bonds. The molecule has 1 atom stereocenters. The molecule has 0 aliphatic heterocycles. The van der Waals surface area contributed by atoms with Crippen molar-refractivity contribution in [2.45, 2.75) is 31.7 Å². The molecule has 0 fully saturated rings. The van der Waals surface area contributed by atoms with Crippen LogP contribution in [0.1, 0.15) is 19.4 Å². The second-order valence-electron chi connectivity index (χ2n) is 8.83. The van der Waals surface area contributed by atoms with Gasteiger partial charge in [0.1, 0.15) is 20.6 Å². The summed E-state index contributed by atoms with van der Waals surface area (Å²) in [6, 6.07) is 14.5. The number of fused-ring (bicyclic) bond motifs is 2. The van der Waals surface area contributed by atoms with Gasteiger partial charge in [-0.25, -0.2) is 14.8 Å². The van der Waals surface area contributed by atoms with E-state index in [0.717, 1.165) is 37.9 Å². The number of aromatic nitrogens is 2. The van der Waals surface area contributed by atoms with Gasteiger partial charge in [0.15, 0.2) is 5.78 Å². The lowest BCUT2D eigenvalue weighted by Crippen LogP contribution is -2.28. The van der Waals surface area contributed by atoms with Crippen LogP contribution in [0.4, 0.5) is 5.69 Å². The summed E-state index contributed by atoms with van der Waals surface area (Å²) in [7, 11) is -4.74. The van der Waals surface area contributed by atoms with Crippen molar-refractivity contribution in [2.24, 2.45) is 10.2 Å². The maximum atomic E-state index is 12.2. The molecule has 2 aromatic heterocycles. The zero-order valence-electron chi connectivity index (χ0n) is 21.5. The highest BCUT2D eigenvalue weighted by Crippen LogP contribution is 2.37. The number of Topliss-reactive ketones (excluding diaryl/α,β-unsaturated/α-hetero) is 1. The summed E-state index contributed by atoms with van der Waals surface area (Å²) in [5, 5.41) is 8.88. The molecule has 5 rings (SSSR count). The average Bonchev–Trinajstić information content (AvgIpc) is 3.51. The van der Waals surface area contributed by atoms with E-state index in [1.54, 1.807) is 24.3 Å². The van der Waals surface area contributed by atoms with Gasteiger partial charge in [-0.2, -0.15) is 18.6 Å². The number of rotatable bonds is 8. The quantitative estimate of drug-likeness (QED) is 0.0939. The Hall–Kier alpha value is -3.91. The molecule has 0 radical (unpaired) electrons. The minimum Gasteiger partial charge on any atom is -0.464 e. The van der Waals surface area contributed by atoms with Crippen molar-refractivity contribution in [1.29, 1.82) is 0 Å². The second-order valence-corrected chi connectivity index (χ2v) is 12.3. The van der Waals surface area contributed by atoms with Crippen molar-refractivity contribution < 1.29 is 27.3 Å². The van der Waals surface area contributed by atoms with E-state index in [0.29, 0.717) is 10.6 Å². The molecule has 0 aliphatic rings. The maximum absolute atomic E-state index is 12.2. The van der Waals surface area contributed by atoms with Gasteiger partial charge in [0.25, 0.3) is 10.1 Å². The maximum Gasteiger partial charge on any atom is 0.340 e. The number of ketones is 1. The number of carbonyl (C=O) groups excluding carboxylic acids is 2. The normalized spacial score (nSPS) is 12.8. The molecule has 0 bridgehead atoms. The lowest BCUT2D eigenvalue weighted by molar-refractivity contribution is -0.147. The van der Waals surface area contributed by atoms with Crippen LogP contribution in [-0.4, -0.2) is 47.3 Å². The van der Waals surface area contributed by atoms with E-state index in [-0.39, 0.29) is 12.3 Å². The summed E-state index contributed by atoms with van der Waals surface area (Å²) < 4.78 is 41.1. The second kappa shape index (κ2) is 10.9. The van der Waals surface area contributed by atoms with E-state index < -0.39 is 32.8 Å². The Labute approximate surface area is 237 Å². The number of benzene rings is 3. The molecule has 0 saturated heterocycles. The number of azo groups is 1. The van der Waals surface area contributed by atoms with E-state index in [1.165, 1.54) is 29.0 Å². The topological polar surface area (TPSA) is 148 Å². The summed E-state index contributed by atoms with van der Waals surface area (Å²) in [6.45, 7) is 4.79. The Kier molecular flexibility index (Phi) is 7.55. The van der Waals surface area contributed by atoms with Crippen molar-refractivity contribution in [3.8, 4) is 21.1 Å². The lowest BCUT2D eigenvalue weighted by Gasteiger charge is -2.08. The first kappa shape index (κ1) is 27.6. The largest absolute Gasteiger partial charge is 0.464 e. The molecule has 1 unspecified atom stereocenters. The van der Waals surface area contributed by atoms with Gasteiger partial charge in [-0.05, 0) is 74.9 Å². The fourth-order valence-corrected chi connectivity index (χ4v) is 6.62. The molecule has 3 aromatic carbocycles. The lowest BCUT2D eigenvalue weighted by atomic mass is 10.2. The highest BCUT2D eigenvalue weighted by molar-refractivity contribution is 7.86. The third-order valence-electron chi connectivity index (χ3n) is 5.84. The summed E-state index contributed by atoms with van der Waals surface area (Å²) >= 11 is 2.96. The first-order chi connectivity index (χ1) is 19.0. The van der Waals surface area contributed by atoms with Crippen molar-refractivity contribution in [1.82, 2.24) is 9.97 Å². The van der Waals surface area contributed by atoms with Crippen LogP contribution in [0.25, 0.3) is 41.6 Å². The van der Waals surface area contributed by atoms with E-state index >= 15 is 0 Å². The Morgan fingerprint density at radius 2 is 1.55 bits per heavy atom. The highest BCUT2D eigenvalue weighted by Gasteiger charge is 2.25. The third kappa shape index (κ3) is 5.68. The van der Waals surface area contributed by atoms with Crippen LogP contribution < -0.4 is 0 Å². The summed E-state index contributed by atoms with van der Waals surface area (Å²) in [4.78, 5) is 32.7. The molecule has 204 valence electrons. The third-order valence-corrected chi connectivity index (χ3v) is 8.86. The Bertz CT molecular complexity index is 1930. The molecule has 40 heavy (non-hydrogen) atoms. The van der Waals surface area contributed by atoms with Gasteiger partial charge in [0, 0.05) is 11.1 Å². The molecular weight excluding hydrogens is 573 g/mol. The molecule has 2 heterocycles. The summed E-state index contributed by atoms with van der Waals surface area (Å²) in [5.41, 5.74) is 3.95. The van der Waals surface area contributed by atoms with E-state index in [9.17, 15) is 22.6 Å². The molecule has 10 nitrogen and oxygen atoms in total. The Morgan fingerprint density at radius 3 is 2.17 bits per heavy atom. The van der Waals surface area contributed by atoms with Gasteiger partial charge in [0.2, 0.25) is 6.04 Å². The van der Waals surface area contributed by atoms with Crippen molar-refractivity contribution in [2.75, 3.05) is 6.61 Å². The molecule has 5 aromatic rings. The van der Waals surface area contributed by atoms with E-state index in [1.807, 2.05) is 37.3 Å². The average molecular weight is 595 g/mol. The zero-order valence-corrected chi connectivity index (χ0v) is 23.9. The van der Waals surface area contributed by atoms with Crippen molar-refractivity contribution in [3.63, 3.8) is 0 Å². The number of nitrogens with zero attached hydrogens (tertiary/aromatic N) is 4. The van der Waals surface area contributed by atoms with Crippen LogP contribution in [0.3, 0.4) is 0 Å². The molecule has 1 N–H and O–H groups in total. The number of ether oxygens (including phenoxy) is 1. The molecule has 13 heteroatoms. The van der Waals surface area contributed by atoms with Crippen LogP contribution >= 0.6 is 22.7 Å². The van der Waals surface area contributed by atoms with E-state index in [2.05, 4.69) is 21.3 Å². The van der Waals surface area contributed by atoms with Gasteiger partial charge in [-0.3, -0.25) is 9.35 Å². The number of hydrogen-bond donors (Lipinski definition) is 1. The predicted octanol–water partition coefficient (Wildman–Crippen LogP) is 6.40. The number of thiazole rings is 2. The van der Waals surface area contributed by atoms with Crippen LogP contribution in [0, 0.1) is 6.92 Å². The summed E-state index contributed by atoms with van der Waals surface area (Å²) in [5.74, 6) is -1.53. The molecular formula is C27H22N4O6S3. The first-order valence-corrected chi connectivity index (χ1v) is 15.1. The van der Waals surface area contributed by atoms with Crippen LogP contribution in [-0.2, 0) is 24.4 Å². The number of aryl methyl sites for hydroxylation is 1. The Balaban J connectivity index is 1.50. The van der Waals surface area contributed by atoms with Gasteiger partial charge in [-0.1, -0.05) is 6.07 Å². The summed E-state index contributed by atoms with van der Waals surface area (Å²) in [6.07, 6.45) is 0. The molecule has 0 aliphatic carbocycles. The fourth-order valence-electron chi connectivity index (χ4n) is 3.91. The molecule has 0 saturated carbocycles. The van der Waals surface area contributed by atoms with Crippen molar-refractivity contribution in [3.05, 3.63) is 60.2 Å². The standard InChI is InChI=1S/C27H22N4O6S3/c1-4-37-27(33)24(15(3)32)31-30-20-10-7-17(13-23(20)40(34,35)36)26-29-19-9-6-16(12-22(19)39-26)25-28-18-8-5-14(2)11-21(18)38-25/h5-13,24H,4H2,1-3H3,(H,34,35,36). The van der Waals surface area contributed by atoms with Crippen LogP contribution in [0.5, 0.6) is 0 Å². The van der Waals surface area contributed by atoms with Gasteiger partial charge in [0.05, 0.1) is 27.0 Å². The zero-order chi connectivity index (χ0) is 28.6. The number of hydrogen-bond acceptors (Lipinski definition) is 11. The Morgan fingerprint density at radius 1 is 0.950 bits per heavy atom. The molecule has 0 spiro atoms. The number of carbonyl (C=O) groups is 2. The first-order valence-electron chi connectivity index (χ1n) is 12.0. The smallest absolute Gasteiger partial charge is 0.340 e. The van der Waals surface area contributed by atoms with Gasteiger partial charge < -0.3 is 4.74 Å².